The summed E-state index contributed by atoms with van der Waals surface area (Å²) in [5, 5.41) is 0. The van der Waals surface area contributed by atoms with E-state index in [9.17, 15) is 18.0 Å². The molecule has 12 heavy (non-hydrogen) atoms. The first-order valence-electron chi connectivity index (χ1n) is 3.23. The number of carbonyl (C=O) groups excluding carboxylic acids is 1. The van der Waals surface area contributed by atoms with Crippen molar-refractivity contribution in [3.05, 3.63) is 5.53 Å². The van der Waals surface area contributed by atoms with E-state index in [-0.39, 0.29) is 12.8 Å². The molecule has 0 saturated heterocycles. The molecule has 0 amide bonds. The molecule has 0 aromatic heterocycles. The monoisotopic (exact) mass is 180 g/mol. The van der Waals surface area contributed by atoms with Gasteiger partial charge in [0.15, 0.2) is 0 Å². The van der Waals surface area contributed by atoms with Gasteiger partial charge in [-0.25, -0.2) is 0 Å². The highest BCUT2D eigenvalue weighted by molar-refractivity contribution is 6.25. The lowest BCUT2D eigenvalue weighted by Gasteiger charge is -2.02. The largest absolute Gasteiger partial charge is 0.389 e. The third kappa shape index (κ3) is 6.95. The third-order valence-corrected chi connectivity index (χ3v) is 1.09. The van der Waals surface area contributed by atoms with Crippen molar-refractivity contribution in [2.45, 2.75) is 25.4 Å². The molecule has 3 nitrogen and oxygen atoms in total. The van der Waals surface area contributed by atoms with Gasteiger partial charge in [-0.2, -0.15) is 18.0 Å². The summed E-state index contributed by atoms with van der Waals surface area (Å²) in [5.74, 6) is -0.609. The molecule has 0 atom stereocenters. The molecule has 0 N–H and O–H groups in total. The van der Waals surface area contributed by atoms with Crippen LogP contribution in [0.2, 0.25) is 0 Å². The second-order valence-electron chi connectivity index (χ2n) is 2.18. The zero-order valence-electron chi connectivity index (χ0n) is 6.14. The van der Waals surface area contributed by atoms with Gasteiger partial charge in [-0.1, -0.05) is 0 Å². The van der Waals surface area contributed by atoms with Gasteiger partial charge in [-0.05, 0) is 6.42 Å². The molecule has 68 valence electrons. The smallest absolute Gasteiger partial charge is 0.361 e. The van der Waals surface area contributed by atoms with E-state index in [4.69, 9.17) is 5.53 Å². The number of Topliss-reactive ketones (excluding diaryl/α,β-unsaturated/α-hetero) is 1. The van der Waals surface area contributed by atoms with Gasteiger partial charge in [-0.3, -0.25) is 4.79 Å². The number of rotatable bonds is 4. The Hall–Kier alpha value is -1.16. The van der Waals surface area contributed by atoms with Crippen molar-refractivity contribution < 1.29 is 22.8 Å². The van der Waals surface area contributed by atoms with Gasteiger partial charge in [0.2, 0.25) is 5.78 Å². The van der Waals surface area contributed by atoms with Crippen LogP contribution < -0.4 is 0 Å². The van der Waals surface area contributed by atoms with Crippen LogP contribution in [0.15, 0.2) is 0 Å². The van der Waals surface area contributed by atoms with Crippen LogP contribution in [-0.2, 0) is 4.79 Å². The number of halogens is 3. The molecular weight excluding hydrogens is 173 g/mol. The first kappa shape index (κ1) is 10.8. The molecule has 0 aromatic carbocycles. The zero-order valence-corrected chi connectivity index (χ0v) is 6.14. The van der Waals surface area contributed by atoms with Gasteiger partial charge < -0.3 is 5.53 Å². The molecule has 0 aliphatic heterocycles. The maximum atomic E-state index is 11.5. The summed E-state index contributed by atoms with van der Waals surface area (Å²) in [6.07, 6.45) is -5.14. The molecule has 0 saturated carbocycles. The molecule has 0 bridgehead atoms. The lowest BCUT2D eigenvalue weighted by Crippen LogP contribution is -2.08. The van der Waals surface area contributed by atoms with E-state index in [2.05, 4.69) is 4.79 Å². The molecule has 0 aliphatic rings. The second-order valence-corrected chi connectivity index (χ2v) is 2.18. The summed E-state index contributed by atoms with van der Waals surface area (Å²) in [7, 11) is 0. The average molecular weight is 180 g/mol. The van der Waals surface area contributed by atoms with Crippen molar-refractivity contribution in [3.63, 3.8) is 0 Å². The van der Waals surface area contributed by atoms with Crippen molar-refractivity contribution >= 4 is 12.0 Å². The number of hydrogen-bond donors (Lipinski definition) is 0. The predicted octanol–water partition coefficient (Wildman–Crippen LogP) is 1.59. The van der Waals surface area contributed by atoms with Crippen molar-refractivity contribution in [2.75, 3.05) is 0 Å². The van der Waals surface area contributed by atoms with Crippen LogP contribution in [0, 0.1) is 0 Å². The summed E-state index contributed by atoms with van der Waals surface area (Å²) < 4.78 is 34.5. The highest BCUT2D eigenvalue weighted by Crippen LogP contribution is 2.21. The summed E-state index contributed by atoms with van der Waals surface area (Å²) in [6, 6.07) is 0. The zero-order chi connectivity index (χ0) is 9.61. The molecule has 0 fully saturated rings. The minimum atomic E-state index is -4.23. The number of ketones is 1. The number of hydrogen-bond acceptors (Lipinski definition) is 1. The van der Waals surface area contributed by atoms with Crippen LogP contribution in [0.25, 0.3) is 5.53 Å². The summed E-state index contributed by atoms with van der Waals surface area (Å²) in [5.41, 5.74) is 7.82. The highest BCUT2D eigenvalue weighted by Gasteiger charge is 2.26. The number of alkyl halides is 3. The van der Waals surface area contributed by atoms with Crippen molar-refractivity contribution in [1.29, 1.82) is 0 Å². The van der Waals surface area contributed by atoms with Crippen LogP contribution in [0.1, 0.15) is 19.3 Å². The van der Waals surface area contributed by atoms with Crippen molar-refractivity contribution in [2.24, 2.45) is 0 Å². The van der Waals surface area contributed by atoms with Crippen LogP contribution in [0.3, 0.4) is 0 Å². The Kier molecular flexibility index (Phi) is 4.21. The Bertz CT molecular complexity index is 205. The number of nitrogens with zero attached hydrogens (tertiary/aromatic N) is 2. The van der Waals surface area contributed by atoms with Crippen LogP contribution in [-0.4, -0.2) is 23.0 Å². The predicted molar refractivity (Wildman–Crippen MR) is 34.6 cm³/mol. The summed E-state index contributed by atoms with van der Waals surface area (Å²) >= 11 is 0. The second kappa shape index (κ2) is 4.66. The van der Waals surface area contributed by atoms with E-state index < -0.39 is 18.4 Å². The Morgan fingerprint density at radius 3 is 2.50 bits per heavy atom. The third-order valence-electron chi connectivity index (χ3n) is 1.09. The molecule has 0 aliphatic carbocycles. The molecule has 0 unspecified atom stereocenters. The lowest BCUT2D eigenvalue weighted by atomic mass is 10.2. The Morgan fingerprint density at radius 1 is 1.50 bits per heavy atom. The summed E-state index contributed by atoms with van der Waals surface area (Å²) in [4.78, 5) is 12.8. The molecule has 0 radical (unpaired) electrons. The SMILES string of the molecule is [N-]=[N+]=CC(=O)CCCC(F)(F)F. The standard InChI is InChI=1S/C6H7F3N2O/c7-6(8,9)3-1-2-5(12)4-11-10/h4H,1-3H2. The van der Waals surface area contributed by atoms with Crippen molar-refractivity contribution in [1.82, 2.24) is 0 Å². The van der Waals surface area contributed by atoms with E-state index in [1.807, 2.05) is 0 Å². The minimum Gasteiger partial charge on any atom is -0.361 e. The quantitative estimate of drug-likeness (QED) is 0.368. The van der Waals surface area contributed by atoms with E-state index in [0.717, 1.165) is 0 Å². The Balaban J connectivity index is 3.57. The molecular formula is C6H7F3N2O. The average Bonchev–Trinajstić information content (AvgIpc) is 1.84. The fraction of sp³-hybridized carbons (Fsp3) is 0.667. The van der Waals surface area contributed by atoms with E-state index in [1.165, 1.54) is 0 Å². The van der Waals surface area contributed by atoms with E-state index in [0.29, 0.717) is 6.21 Å². The van der Waals surface area contributed by atoms with Gasteiger partial charge in [0, 0.05) is 12.8 Å². The van der Waals surface area contributed by atoms with Crippen molar-refractivity contribution in [3.8, 4) is 0 Å². The molecule has 6 heteroatoms. The molecule has 0 spiro atoms. The normalized spacial score (nSPS) is 10.6. The van der Waals surface area contributed by atoms with Crippen LogP contribution >= 0.6 is 0 Å². The van der Waals surface area contributed by atoms with E-state index in [1.54, 1.807) is 0 Å². The Morgan fingerprint density at radius 2 is 2.08 bits per heavy atom. The fourth-order valence-electron chi connectivity index (χ4n) is 0.592. The fourth-order valence-corrected chi connectivity index (χ4v) is 0.592. The number of carbonyl (C=O) groups is 1. The first-order chi connectivity index (χ1) is 5.45. The van der Waals surface area contributed by atoms with Gasteiger partial charge >= 0.3 is 12.4 Å². The minimum absolute atomic E-state index is 0.246. The van der Waals surface area contributed by atoms with Gasteiger partial charge in [0.25, 0.3) is 0 Å². The molecule has 0 rings (SSSR count). The maximum Gasteiger partial charge on any atom is 0.389 e. The lowest BCUT2D eigenvalue weighted by molar-refractivity contribution is -0.136. The first-order valence-corrected chi connectivity index (χ1v) is 3.23. The molecule has 0 aromatic rings. The van der Waals surface area contributed by atoms with Gasteiger partial charge in [0.1, 0.15) is 0 Å². The van der Waals surface area contributed by atoms with Gasteiger partial charge in [0.05, 0.1) is 0 Å². The van der Waals surface area contributed by atoms with Crippen LogP contribution in [0.5, 0.6) is 0 Å². The van der Waals surface area contributed by atoms with Crippen LogP contribution in [0.4, 0.5) is 13.2 Å². The Labute approximate surface area is 66.8 Å². The molecule has 0 heterocycles. The van der Waals surface area contributed by atoms with Gasteiger partial charge in [-0.15, -0.1) is 0 Å². The highest BCUT2D eigenvalue weighted by atomic mass is 19.4. The topological polar surface area (TPSA) is 53.5 Å². The maximum absolute atomic E-state index is 11.5. The summed E-state index contributed by atoms with van der Waals surface area (Å²) in [6.45, 7) is 0. The van der Waals surface area contributed by atoms with E-state index >= 15 is 0 Å².